The maximum atomic E-state index is 12.0. The number of rotatable bonds is 7. The zero-order valence-electron chi connectivity index (χ0n) is 14.7. The van der Waals surface area contributed by atoms with Crippen molar-refractivity contribution in [2.24, 2.45) is 0 Å². The van der Waals surface area contributed by atoms with Gasteiger partial charge >= 0.3 is 6.09 Å². The van der Waals surface area contributed by atoms with E-state index in [0.717, 1.165) is 16.8 Å². The van der Waals surface area contributed by atoms with Gasteiger partial charge in [0.1, 0.15) is 5.88 Å². The normalized spacial score (nSPS) is 11.4. The van der Waals surface area contributed by atoms with Crippen LogP contribution in [0.15, 0.2) is 24.3 Å². The third-order valence-electron chi connectivity index (χ3n) is 3.45. The first-order valence-corrected chi connectivity index (χ1v) is 10.0. The van der Waals surface area contributed by atoms with Gasteiger partial charge in [-0.2, -0.15) is 5.10 Å². The average Bonchev–Trinajstić information content (AvgIpc) is 2.98. The van der Waals surface area contributed by atoms with Gasteiger partial charge in [-0.25, -0.2) is 17.9 Å². The highest BCUT2D eigenvalue weighted by Gasteiger charge is 2.20. The summed E-state index contributed by atoms with van der Waals surface area (Å²) in [4.78, 5) is 11.3. The number of carbonyl (C=O) groups excluding carboxylic acids is 1. The minimum atomic E-state index is -3.93. The van der Waals surface area contributed by atoms with E-state index in [1.54, 1.807) is 19.1 Å². The molecule has 1 aromatic heterocycles. The zero-order chi connectivity index (χ0) is 19.3. The minimum absolute atomic E-state index is 0.0760. The summed E-state index contributed by atoms with van der Waals surface area (Å²) >= 11 is 5.94. The fourth-order valence-electron chi connectivity index (χ4n) is 2.30. The molecule has 142 valence electrons. The predicted molar refractivity (Wildman–Crippen MR) is 101 cm³/mol. The average molecular weight is 401 g/mol. The maximum Gasteiger partial charge on any atom is 0.420 e. The molecule has 0 aliphatic carbocycles. The molecule has 8 nitrogen and oxygen atoms in total. The van der Waals surface area contributed by atoms with Crippen LogP contribution < -0.4 is 10.0 Å². The molecule has 2 rings (SSSR count). The number of ether oxygens (including phenoxy) is 1. The maximum absolute atomic E-state index is 12.0. The van der Waals surface area contributed by atoms with Gasteiger partial charge in [-0.15, -0.1) is 0 Å². The number of aromatic amines is 1. The molecule has 10 heteroatoms. The Labute approximate surface area is 157 Å². The molecule has 0 saturated heterocycles. The second-order valence-electron chi connectivity index (χ2n) is 5.78. The van der Waals surface area contributed by atoms with Crippen molar-refractivity contribution in [3.05, 3.63) is 35.0 Å². The van der Waals surface area contributed by atoms with Gasteiger partial charge in [-0.3, -0.25) is 5.10 Å². The number of amides is 1. The first-order valence-electron chi connectivity index (χ1n) is 7.98. The molecule has 1 amide bonds. The van der Waals surface area contributed by atoms with Crippen molar-refractivity contribution in [3.8, 4) is 11.1 Å². The number of anilines is 1. The Bertz CT molecular complexity index is 863. The van der Waals surface area contributed by atoms with Crippen LogP contribution in [0.3, 0.4) is 0 Å². The lowest BCUT2D eigenvalue weighted by molar-refractivity contribution is 0.158. The molecule has 0 atom stereocenters. The Morgan fingerprint density at radius 1 is 1.31 bits per heavy atom. The Kier molecular flexibility index (Phi) is 6.49. The van der Waals surface area contributed by atoms with Gasteiger partial charge in [0.15, 0.2) is 5.82 Å². The Balaban J connectivity index is 2.25. The number of halogens is 1. The van der Waals surface area contributed by atoms with Gasteiger partial charge in [0, 0.05) is 16.3 Å². The first kappa shape index (κ1) is 20.1. The van der Waals surface area contributed by atoms with E-state index in [4.69, 9.17) is 11.6 Å². The molecule has 0 unspecified atom stereocenters. The lowest BCUT2D eigenvalue weighted by Gasteiger charge is -2.11. The number of aromatic nitrogens is 2. The molecular weight excluding hydrogens is 380 g/mol. The van der Waals surface area contributed by atoms with Gasteiger partial charge < -0.3 is 10.1 Å². The molecule has 0 bridgehead atoms. The van der Waals surface area contributed by atoms with Crippen molar-refractivity contribution < 1.29 is 17.9 Å². The molecule has 0 aliphatic heterocycles. The van der Waals surface area contributed by atoms with E-state index in [0.29, 0.717) is 10.8 Å². The SMILES string of the molecule is CCOC(=O)NS(=O)(=O)CNc1n[nH]c(C(C)C)c1-c1ccc(Cl)cc1. The molecule has 0 aliphatic rings. The van der Waals surface area contributed by atoms with Crippen molar-refractivity contribution in [2.75, 3.05) is 17.8 Å². The summed E-state index contributed by atoms with van der Waals surface area (Å²) in [5, 5.41) is 10.5. The Morgan fingerprint density at radius 2 is 1.96 bits per heavy atom. The van der Waals surface area contributed by atoms with E-state index in [9.17, 15) is 13.2 Å². The molecule has 0 radical (unpaired) electrons. The highest BCUT2D eigenvalue weighted by Crippen LogP contribution is 2.34. The standard InChI is InChI=1S/C16H21ClN4O4S/c1-4-25-16(22)21-26(23,24)9-18-15-13(14(10(2)3)19-20-15)11-5-7-12(17)8-6-11/h5-8,10H,4,9H2,1-3H3,(H,21,22)(H2,18,19,20). The van der Waals surface area contributed by atoms with E-state index >= 15 is 0 Å². The second-order valence-corrected chi connectivity index (χ2v) is 7.94. The van der Waals surface area contributed by atoms with Crippen LogP contribution in [0.4, 0.5) is 10.6 Å². The van der Waals surface area contributed by atoms with E-state index in [-0.39, 0.29) is 12.5 Å². The third-order valence-corrected chi connectivity index (χ3v) is 4.70. The summed E-state index contributed by atoms with van der Waals surface area (Å²) in [7, 11) is -3.93. The topological polar surface area (TPSA) is 113 Å². The summed E-state index contributed by atoms with van der Waals surface area (Å²) in [6.45, 7) is 5.65. The molecule has 1 heterocycles. The van der Waals surface area contributed by atoms with Gasteiger partial charge in [0.2, 0.25) is 0 Å². The molecule has 3 N–H and O–H groups in total. The highest BCUT2D eigenvalue weighted by molar-refractivity contribution is 7.90. The van der Waals surface area contributed by atoms with Crippen molar-refractivity contribution in [2.45, 2.75) is 26.7 Å². The largest absolute Gasteiger partial charge is 0.449 e. The van der Waals surface area contributed by atoms with Crippen LogP contribution >= 0.6 is 11.6 Å². The number of benzene rings is 1. The fraction of sp³-hybridized carbons (Fsp3) is 0.375. The molecule has 2 aromatic rings. The molecule has 0 fully saturated rings. The molecule has 1 aromatic carbocycles. The number of H-pyrrole nitrogens is 1. The first-order chi connectivity index (χ1) is 12.2. The molecule has 0 spiro atoms. The number of hydrogen-bond donors (Lipinski definition) is 3. The van der Waals surface area contributed by atoms with E-state index in [1.165, 1.54) is 0 Å². The van der Waals surface area contributed by atoms with Crippen LogP contribution in [0.25, 0.3) is 11.1 Å². The van der Waals surface area contributed by atoms with Gasteiger partial charge in [-0.05, 0) is 30.5 Å². The van der Waals surface area contributed by atoms with Gasteiger partial charge in [0.25, 0.3) is 10.0 Å². The summed E-state index contributed by atoms with van der Waals surface area (Å²) in [6.07, 6.45) is -1.02. The summed E-state index contributed by atoms with van der Waals surface area (Å²) in [5.41, 5.74) is 2.44. The Hall–Kier alpha value is -2.26. The van der Waals surface area contributed by atoms with Crippen molar-refractivity contribution >= 4 is 33.5 Å². The fourth-order valence-corrected chi connectivity index (χ4v) is 3.13. The number of sulfonamides is 1. The number of nitrogens with one attached hydrogen (secondary N) is 3. The van der Waals surface area contributed by atoms with Gasteiger partial charge in [0.05, 0.1) is 6.61 Å². The number of nitrogens with zero attached hydrogens (tertiary/aromatic N) is 1. The summed E-state index contributed by atoms with van der Waals surface area (Å²) in [5.74, 6) is -0.0299. The van der Waals surface area contributed by atoms with Crippen LogP contribution in [0, 0.1) is 0 Å². The minimum Gasteiger partial charge on any atom is -0.449 e. The van der Waals surface area contributed by atoms with Crippen molar-refractivity contribution in [1.29, 1.82) is 0 Å². The third kappa shape index (κ3) is 5.12. The lowest BCUT2D eigenvalue weighted by Crippen LogP contribution is -2.35. The van der Waals surface area contributed by atoms with E-state index < -0.39 is 22.0 Å². The van der Waals surface area contributed by atoms with Crippen LogP contribution in [0.5, 0.6) is 0 Å². The second kappa shape index (κ2) is 8.41. The van der Waals surface area contributed by atoms with Gasteiger partial charge in [-0.1, -0.05) is 37.6 Å². The van der Waals surface area contributed by atoms with Crippen molar-refractivity contribution in [3.63, 3.8) is 0 Å². The van der Waals surface area contributed by atoms with Crippen LogP contribution in [0.2, 0.25) is 5.02 Å². The molecular formula is C16H21ClN4O4S. The summed E-state index contributed by atoms with van der Waals surface area (Å²) < 4.78 is 30.4. The van der Waals surface area contributed by atoms with Crippen LogP contribution in [0.1, 0.15) is 32.4 Å². The molecule has 0 saturated carbocycles. The van der Waals surface area contributed by atoms with Crippen LogP contribution in [-0.4, -0.2) is 37.2 Å². The monoisotopic (exact) mass is 400 g/mol. The number of hydrogen-bond acceptors (Lipinski definition) is 6. The quantitative estimate of drug-likeness (QED) is 0.657. The lowest BCUT2D eigenvalue weighted by atomic mass is 9.99. The van der Waals surface area contributed by atoms with Crippen molar-refractivity contribution in [1.82, 2.24) is 14.9 Å². The predicted octanol–water partition coefficient (Wildman–Crippen LogP) is 3.30. The highest BCUT2D eigenvalue weighted by atomic mass is 35.5. The zero-order valence-corrected chi connectivity index (χ0v) is 16.2. The Morgan fingerprint density at radius 3 is 2.54 bits per heavy atom. The van der Waals surface area contributed by atoms with E-state index in [2.05, 4.69) is 20.3 Å². The molecule has 26 heavy (non-hydrogen) atoms. The van der Waals surface area contributed by atoms with Crippen LogP contribution in [-0.2, 0) is 14.8 Å². The smallest absolute Gasteiger partial charge is 0.420 e. The summed E-state index contributed by atoms with van der Waals surface area (Å²) in [6, 6.07) is 7.15. The number of carbonyl (C=O) groups is 1. The van der Waals surface area contributed by atoms with E-state index in [1.807, 2.05) is 30.7 Å².